The molecule has 18 heavy (non-hydrogen) atoms. The van der Waals surface area contributed by atoms with Crippen molar-refractivity contribution in [1.82, 2.24) is 5.32 Å². The maximum absolute atomic E-state index is 11.7. The molecule has 4 nitrogen and oxygen atoms in total. The number of nitrogens with one attached hydrogen (secondary N) is 1. The van der Waals surface area contributed by atoms with Gasteiger partial charge in [-0.3, -0.25) is 4.79 Å². The van der Waals surface area contributed by atoms with E-state index in [2.05, 4.69) is 5.32 Å². The van der Waals surface area contributed by atoms with Crippen LogP contribution >= 0.6 is 36.4 Å². The van der Waals surface area contributed by atoms with Crippen molar-refractivity contribution in [3.05, 3.63) is 21.3 Å². The summed E-state index contributed by atoms with van der Waals surface area (Å²) in [4.78, 5) is 12.2. The summed E-state index contributed by atoms with van der Waals surface area (Å²) >= 11 is 6.92. The molecule has 0 saturated heterocycles. The maximum atomic E-state index is 11.7. The van der Waals surface area contributed by atoms with Crippen LogP contribution in [0.5, 0.6) is 0 Å². The van der Waals surface area contributed by atoms with E-state index in [0.717, 1.165) is 0 Å². The van der Waals surface area contributed by atoms with Gasteiger partial charge in [-0.1, -0.05) is 11.6 Å². The predicted octanol–water partition coefficient (Wildman–Crippen LogP) is 2.07. The number of thiophene rings is 1. The van der Waals surface area contributed by atoms with Crippen LogP contribution in [0.1, 0.15) is 23.0 Å². The van der Waals surface area contributed by atoms with Crippen LogP contribution in [-0.4, -0.2) is 32.4 Å². The molecule has 1 rings (SSSR count). The largest absolute Gasteiger partial charge is 0.349 e. The normalized spacial score (nSPS) is 12.6. The molecule has 0 aliphatic carbocycles. The van der Waals surface area contributed by atoms with Crippen molar-refractivity contribution >= 4 is 52.2 Å². The fraction of sp³-hybridized carbons (Fsp3) is 0.500. The molecule has 0 saturated carbocycles. The van der Waals surface area contributed by atoms with Crippen molar-refractivity contribution in [3.8, 4) is 0 Å². The van der Waals surface area contributed by atoms with Gasteiger partial charge in [-0.25, -0.2) is 8.42 Å². The highest BCUT2D eigenvalue weighted by Gasteiger charge is 2.13. The van der Waals surface area contributed by atoms with Gasteiger partial charge < -0.3 is 5.32 Å². The zero-order chi connectivity index (χ0) is 13.1. The first-order valence-corrected chi connectivity index (χ1v) is 8.27. The second-order valence-electron chi connectivity index (χ2n) is 3.90. The van der Waals surface area contributed by atoms with Crippen LogP contribution in [0.15, 0.2) is 12.1 Å². The van der Waals surface area contributed by atoms with Crippen molar-refractivity contribution in [2.75, 3.05) is 12.0 Å². The topological polar surface area (TPSA) is 63.2 Å². The van der Waals surface area contributed by atoms with E-state index in [1.54, 1.807) is 19.1 Å². The number of amides is 1. The van der Waals surface area contributed by atoms with Gasteiger partial charge in [0.2, 0.25) is 0 Å². The standard InChI is InChI=1S/C10H14ClNO3S2.H2S/c1-7(5-6-17(2,14)15)12-10(13)8-3-4-9(11)16-8;/h3-4,7H,5-6H2,1-2H3,(H,12,13);1H2/t7-;/m0./s1. The molecule has 0 spiro atoms. The second-order valence-corrected chi connectivity index (χ2v) is 7.87. The third-order valence-corrected chi connectivity index (χ3v) is 4.30. The number of halogens is 1. The molecule has 1 heterocycles. The zero-order valence-corrected chi connectivity index (χ0v) is 13.5. The van der Waals surface area contributed by atoms with Crippen LogP contribution in [-0.2, 0) is 9.84 Å². The molecule has 104 valence electrons. The molecule has 0 unspecified atom stereocenters. The highest BCUT2D eigenvalue weighted by atomic mass is 35.5. The molecule has 0 bridgehead atoms. The van der Waals surface area contributed by atoms with Crippen molar-refractivity contribution in [3.63, 3.8) is 0 Å². The second kappa shape index (κ2) is 7.37. The summed E-state index contributed by atoms with van der Waals surface area (Å²) in [5.74, 6) is -0.150. The summed E-state index contributed by atoms with van der Waals surface area (Å²) < 4.78 is 22.5. The number of carbonyl (C=O) groups excluding carboxylic acids is 1. The van der Waals surface area contributed by atoms with E-state index in [-0.39, 0.29) is 31.2 Å². The number of rotatable bonds is 5. The Morgan fingerprint density at radius 3 is 2.56 bits per heavy atom. The Kier molecular flexibility index (Phi) is 7.28. The van der Waals surface area contributed by atoms with E-state index in [9.17, 15) is 13.2 Å². The van der Waals surface area contributed by atoms with E-state index in [1.807, 2.05) is 0 Å². The first-order chi connectivity index (χ1) is 7.78. The molecule has 1 aromatic heterocycles. The number of carbonyl (C=O) groups is 1. The lowest BCUT2D eigenvalue weighted by atomic mass is 10.2. The Morgan fingerprint density at radius 1 is 1.50 bits per heavy atom. The lowest BCUT2D eigenvalue weighted by Crippen LogP contribution is -2.33. The van der Waals surface area contributed by atoms with Gasteiger partial charge >= 0.3 is 0 Å². The number of hydrogen-bond acceptors (Lipinski definition) is 4. The molecule has 0 aliphatic heterocycles. The van der Waals surface area contributed by atoms with Gasteiger partial charge in [-0.2, -0.15) is 13.5 Å². The van der Waals surface area contributed by atoms with Crippen LogP contribution in [0.2, 0.25) is 4.34 Å². The van der Waals surface area contributed by atoms with Gasteiger partial charge in [-0.15, -0.1) is 11.3 Å². The Balaban J connectivity index is 0.00000289. The highest BCUT2D eigenvalue weighted by molar-refractivity contribution is 7.90. The Bertz CT molecular complexity index is 498. The van der Waals surface area contributed by atoms with Gasteiger partial charge in [-0.05, 0) is 25.5 Å². The molecule has 1 N–H and O–H groups in total. The van der Waals surface area contributed by atoms with Crippen LogP contribution in [0.3, 0.4) is 0 Å². The highest BCUT2D eigenvalue weighted by Crippen LogP contribution is 2.21. The maximum Gasteiger partial charge on any atom is 0.261 e. The van der Waals surface area contributed by atoms with E-state index in [4.69, 9.17) is 11.6 Å². The lowest BCUT2D eigenvalue weighted by molar-refractivity contribution is 0.0943. The molecule has 1 aromatic rings. The molecule has 0 radical (unpaired) electrons. The minimum atomic E-state index is -2.99. The Morgan fingerprint density at radius 2 is 2.11 bits per heavy atom. The Labute approximate surface area is 123 Å². The predicted molar refractivity (Wildman–Crippen MR) is 81.0 cm³/mol. The minimum Gasteiger partial charge on any atom is -0.349 e. The third-order valence-electron chi connectivity index (χ3n) is 2.10. The summed E-state index contributed by atoms with van der Waals surface area (Å²) in [6.45, 7) is 1.78. The summed E-state index contributed by atoms with van der Waals surface area (Å²) in [6, 6.07) is 3.12. The fourth-order valence-electron chi connectivity index (χ4n) is 1.19. The molecule has 1 amide bonds. The van der Waals surface area contributed by atoms with E-state index in [0.29, 0.717) is 15.6 Å². The quantitative estimate of drug-likeness (QED) is 0.899. The average Bonchev–Trinajstić information content (AvgIpc) is 2.61. The van der Waals surface area contributed by atoms with E-state index in [1.165, 1.54) is 17.6 Å². The fourth-order valence-corrected chi connectivity index (χ4v) is 2.92. The van der Waals surface area contributed by atoms with Crippen molar-refractivity contribution in [2.24, 2.45) is 0 Å². The van der Waals surface area contributed by atoms with Crippen molar-refractivity contribution < 1.29 is 13.2 Å². The van der Waals surface area contributed by atoms with Gasteiger partial charge in [0.15, 0.2) is 0 Å². The van der Waals surface area contributed by atoms with Crippen LogP contribution in [0, 0.1) is 0 Å². The summed E-state index contributed by atoms with van der Waals surface area (Å²) in [7, 11) is -2.99. The Hall–Kier alpha value is -0.240. The van der Waals surface area contributed by atoms with Crippen molar-refractivity contribution in [1.29, 1.82) is 0 Å². The molecule has 0 fully saturated rings. The van der Waals surface area contributed by atoms with Gasteiger partial charge in [0.05, 0.1) is 15.0 Å². The minimum absolute atomic E-state index is 0. The third kappa shape index (κ3) is 6.63. The summed E-state index contributed by atoms with van der Waals surface area (Å²) in [5.41, 5.74) is 0. The first kappa shape index (κ1) is 17.8. The first-order valence-electron chi connectivity index (χ1n) is 5.02. The molecule has 1 atom stereocenters. The summed E-state index contributed by atoms with van der Waals surface area (Å²) in [6.07, 6.45) is 1.59. The molecule has 8 heteroatoms. The molecule has 0 aliphatic rings. The van der Waals surface area contributed by atoms with Crippen LogP contribution in [0.4, 0.5) is 0 Å². The lowest BCUT2D eigenvalue weighted by Gasteiger charge is -2.12. The average molecular weight is 330 g/mol. The molecule has 0 aromatic carbocycles. The van der Waals surface area contributed by atoms with E-state index >= 15 is 0 Å². The smallest absolute Gasteiger partial charge is 0.261 e. The molecular weight excluding hydrogens is 314 g/mol. The number of sulfone groups is 1. The SMILES string of the molecule is C[C@@H](CCS(C)(=O)=O)NC(=O)c1ccc(Cl)s1.S. The zero-order valence-electron chi connectivity index (χ0n) is 10.1. The van der Waals surface area contributed by atoms with E-state index < -0.39 is 9.84 Å². The van der Waals surface area contributed by atoms with Gasteiger partial charge in [0.25, 0.3) is 5.91 Å². The number of hydrogen-bond donors (Lipinski definition) is 1. The summed E-state index contributed by atoms with van der Waals surface area (Å²) in [5, 5.41) is 2.73. The van der Waals surface area contributed by atoms with Crippen molar-refractivity contribution in [2.45, 2.75) is 19.4 Å². The van der Waals surface area contributed by atoms with Crippen LogP contribution < -0.4 is 5.32 Å². The van der Waals surface area contributed by atoms with Gasteiger partial charge in [0, 0.05) is 12.3 Å². The molecular formula is C10H16ClNO3S3. The monoisotopic (exact) mass is 329 g/mol. The van der Waals surface area contributed by atoms with Crippen LogP contribution in [0.25, 0.3) is 0 Å². The van der Waals surface area contributed by atoms with Gasteiger partial charge in [0.1, 0.15) is 9.84 Å².